The van der Waals surface area contributed by atoms with Crippen molar-refractivity contribution in [1.29, 1.82) is 0 Å². The average Bonchev–Trinajstić information content (AvgIpc) is 2.53. The molecule has 0 aliphatic carbocycles. The average molecular weight is 487 g/mol. The molecular formula is C18H46O7Si4. The lowest BCUT2D eigenvalue weighted by molar-refractivity contribution is 0.0941. The summed E-state index contributed by atoms with van der Waals surface area (Å²) >= 11 is 0. The normalized spacial score (nSPS) is 13.9. The molecule has 0 aromatic rings. The first-order valence-electron chi connectivity index (χ1n) is 11.1. The highest BCUT2D eigenvalue weighted by Crippen LogP contribution is 2.29. The van der Waals surface area contributed by atoms with Gasteiger partial charge in [-0.1, -0.05) is 26.7 Å². The minimum atomic E-state index is -2.78. The fourth-order valence-corrected chi connectivity index (χ4v) is 20.8. The van der Waals surface area contributed by atoms with Crippen molar-refractivity contribution in [3.05, 3.63) is 0 Å². The van der Waals surface area contributed by atoms with E-state index in [2.05, 4.69) is 13.8 Å². The molecule has 0 spiro atoms. The van der Waals surface area contributed by atoms with Gasteiger partial charge < -0.3 is 30.0 Å². The van der Waals surface area contributed by atoms with Gasteiger partial charge in [0, 0.05) is 38.5 Å². The maximum absolute atomic E-state index is 6.60. The van der Waals surface area contributed by atoms with Crippen LogP contribution in [0, 0.1) is 0 Å². The topological polar surface area (TPSA) is 64.6 Å². The van der Waals surface area contributed by atoms with Gasteiger partial charge in [-0.2, -0.15) is 0 Å². The second kappa shape index (κ2) is 13.9. The molecule has 0 aliphatic heterocycles. The zero-order valence-corrected chi connectivity index (χ0v) is 24.5. The Morgan fingerprint density at radius 3 is 0.931 bits per heavy atom. The van der Waals surface area contributed by atoms with Gasteiger partial charge in [0.05, 0.1) is 0 Å². The predicted octanol–water partition coefficient (Wildman–Crippen LogP) is 5.28. The minimum Gasteiger partial charge on any atom is -0.416 e. The van der Waals surface area contributed by atoms with Crippen LogP contribution in [0.2, 0.25) is 38.3 Å². The fraction of sp³-hybridized carbons (Fsp3) is 1.00. The largest absolute Gasteiger partial charge is 0.491 e. The first-order valence-corrected chi connectivity index (χ1v) is 20.6. The van der Waals surface area contributed by atoms with Crippen molar-refractivity contribution in [2.75, 3.05) is 26.4 Å². The minimum absolute atomic E-state index is 0.565. The Morgan fingerprint density at radius 1 is 0.448 bits per heavy atom. The van der Waals surface area contributed by atoms with Crippen LogP contribution in [0.15, 0.2) is 0 Å². The standard InChI is InChI=1S/C18H46O7Si4/c1-11-17-28(19-13-3,20-14-4)24-26(7,8)23-27(9,10)25-29(18-12-2,21-15-5)22-16-6/h11-18H2,1-10H3. The summed E-state index contributed by atoms with van der Waals surface area (Å²) in [6, 6.07) is 1.56. The highest BCUT2D eigenvalue weighted by atomic mass is 28.5. The van der Waals surface area contributed by atoms with Crippen LogP contribution in [0.25, 0.3) is 0 Å². The van der Waals surface area contributed by atoms with Crippen LogP contribution in [-0.2, 0) is 30.0 Å². The summed E-state index contributed by atoms with van der Waals surface area (Å²) in [5.41, 5.74) is 0. The first kappa shape index (κ1) is 29.6. The summed E-state index contributed by atoms with van der Waals surface area (Å²) in [7, 11) is -10.8. The highest BCUT2D eigenvalue weighted by molar-refractivity contribution is 6.86. The van der Waals surface area contributed by atoms with Crippen molar-refractivity contribution in [1.82, 2.24) is 0 Å². The third-order valence-electron chi connectivity index (χ3n) is 3.86. The Bertz CT molecular complexity index is 366. The van der Waals surface area contributed by atoms with Gasteiger partial charge in [-0.15, -0.1) is 0 Å². The molecule has 0 N–H and O–H groups in total. The number of hydrogen-bond donors (Lipinski definition) is 0. The molecule has 0 saturated carbocycles. The number of rotatable bonds is 18. The Hall–Kier alpha value is 0.588. The lowest BCUT2D eigenvalue weighted by atomic mass is 10.6. The SMILES string of the molecule is CCC[Si](OCC)(OCC)O[Si](C)(C)O[Si](C)(C)O[Si](CCC)(OCC)OCC. The third kappa shape index (κ3) is 11.1. The Labute approximate surface area is 183 Å². The predicted molar refractivity (Wildman–Crippen MR) is 126 cm³/mol. The molecule has 7 nitrogen and oxygen atoms in total. The number of hydrogen-bond acceptors (Lipinski definition) is 7. The summed E-state index contributed by atoms with van der Waals surface area (Å²) < 4.78 is 44.0. The van der Waals surface area contributed by atoms with E-state index >= 15 is 0 Å². The van der Waals surface area contributed by atoms with Crippen molar-refractivity contribution in [2.24, 2.45) is 0 Å². The first-order chi connectivity index (χ1) is 13.5. The van der Waals surface area contributed by atoms with Crippen LogP contribution in [0.5, 0.6) is 0 Å². The molecule has 0 unspecified atom stereocenters. The Morgan fingerprint density at radius 2 is 0.724 bits per heavy atom. The van der Waals surface area contributed by atoms with Crippen LogP contribution >= 0.6 is 0 Å². The van der Waals surface area contributed by atoms with Gasteiger partial charge in [-0.25, -0.2) is 0 Å². The van der Waals surface area contributed by atoms with Crippen LogP contribution in [0.1, 0.15) is 54.4 Å². The van der Waals surface area contributed by atoms with E-state index in [4.69, 9.17) is 30.0 Å². The molecule has 0 atom stereocenters. The lowest BCUT2D eigenvalue weighted by Crippen LogP contribution is -2.61. The molecule has 0 saturated heterocycles. The van der Waals surface area contributed by atoms with E-state index < -0.39 is 34.7 Å². The van der Waals surface area contributed by atoms with E-state index in [-0.39, 0.29) is 0 Å². The van der Waals surface area contributed by atoms with Crippen LogP contribution in [0.3, 0.4) is 0 Å². The van der Waals surface area contributed by atoms with E-state index in [1.807, 2.05) is 53.9 Å². The lowest BCUT2D eigenvalue weighted by Gasteiger charge is -2.41. The van der Waals surface area contributed by atoms with Crippen molar-refractivity contribution in [3.8, 4) is 0 Å². The van der Waals surface area contributed by atoms with E-state index in [1.165, 1.54) is 0 Å². The third-order valence-corrected chi connectivity index (χ3v) is 19.4. The summed E-state index contributed by atoms with van der Waals surface area (Å²) in [6.45, 7) is 22.6. The van der Waals surface area contributed by atoms with E-state index in [9.17, 15) is 0 Å². The molecule has 0 amide bonds. The fourth-order valence-electron chi connectivity index (χ4n) is 3.47. The molecule has 0 aromatic carbocycles. The second-order valence-corrected chi connectivity index (χ2v) is 20.6. The van der Waals surface area contributed by atoms with Gasteiger partial charge in [0.25, 0.3) is 0 Å². The molecule has 0 bridgehead atoms. The molecule has 176 valence electrons. The molecule has 0 radical (unpaired) electrons. The van der Waals surface area contributed by atoms with Gasteiger partial charge in [0.2, 0.25) is 0 Å². The van der Waals surface area contributed by atoms with Gasteiger partial charge in [0.1, 0.15) is 0 Å². The molecule has 0 aliphatic rings. The summed E-state index contributed by atoms with van der Waals surface area (Å²) in [5.74, 6) is 0. The summed E-state index contributed by atoms with van der Waals surface area (Å²) in [5, 5.41) is 0. The highest BCUT2D eigenvalue weighted by Gasteiger charge is 2.52. The zero-order valence-electron chi connectivity index (χ0n) is 20.5. The molecule has 0 rings (SSSR count). The van der Waals surface area contributed by atoms with Crippen molar-refractivity contribution in [3.63, 3.8) is 0 Å². The van der Waals surface area contributed by atoms with E-state index in [0.29, 0.717) is 26.4 Å². The van der Waals surface area contributed by atoms with Crippen LogP contribution in [-0.4, -0.2) is 61.2 Å². The zero-order chi connectivity index (χ0) is 22.6. The summed E-state index contributed by atoms with van der Waals surface area (Å²) in [4.78, 5) is 0. The van der Waals surface area contributed by atoms with Gasteiger partial charge in [0.15, 0.2) is 0 Å². The molecule has 0 aromatic heterocycles. The summed E-state index contributed by atoms with van der Waals surface area (Å²) in [6.07, 6.45) is 1.88. The van der Waals surface area contributed by atoms with Crippen LogP contribution < -0.4 is 0 Å². The maximum atomic E-state index is 6.60. The maximum Gasteiger partial charge on any atom is 0.491 e. The van der Waals surface area contributed by atoms with Crippen molar-refractivity contribution in [2.45, 2.75) is 92.7 Å². The van der Waals surface area contributed by atoms with E-state index in [0.717, 1.165) is 24.9 Å². The molecule has 29 heavy (non-hydrogen) atoms. The monoisotopic (exact) mass is 486 g/mol. The molecular weight excluding hydrogens is 441 g/mol. The van der Waals surface area contributed by atoms with E-state index in [1.54, 1.807) is 0 Å². The van der Waals surface area contributed by atoms with Gasteiger partial charge >= 0.3 is 34.7 Å². The molecule has 11 heteroatoms. The van der Waals surface area contributed by atoms with Gasteiger partial charge in [-0.3, -0.25) is 0 Å². The Balaban J connectivity index is 5.51. The smallest absolute Gasteiger partial charge is 0.416 e. The Kier molecular flexibility index (Phi) is 14.2. The molecule has 0 fully saturated rings. The molecule has 0 heterocycles. The second-order valence-electron chi connectivity index (χ2n) is 7.70. The van der Waals surface area contributed by atoms with Crippen molar-refractivity contribution < 1.29 is 30.0 Å². The van der Waals surface area contributed by atoms with Crippen molar-refractivity contribution >= 4 is 34.7 Å². The van der Waals surface area contributed by atoms with Crippen LogP contribution in [0.4, 0.5) is 0 Å². The van der Waals surface area contributed by atoms with Gasteiger partial charge in [-0.05, 0) is 53.9 Å². The quantitative estimate of drug-likeness (QED) is 0.244.